The Morgan fingerprint density at radius 2 is 1.84 bits per heavy atom. The Morgan fingerprint density at radius 3 is 2.37 bits per heavy atom. The topological polar surface area (TPSA) is 56.1 Å². The maximum Gasteiger partial charge on any atom is 0.518 e. The molecule has 2 rings (SSSR count). The Labute approximate surface area is 114 Å². The molecule has 2 aromatic rings. The summed E-state index contributed by atoms with van der Waals surface area (Å²) in [7, 11) is 0. The SMILES string of the molecule is CCn1c(=O)oc(-c2ccc(Cl)cc2)[n+](CC)c1=O. The van der Waals surface area contributed by atoms with Crippen LogP contribution in [0.25, 0.3) is 11.5 Å². The van der Waals surface area contributed by atoms with Crippen molar-refractivity contribution in [3.8, 4) is 11.5 Å². The van der Waals surface area contributed by atoms with Crippen LogP contribution < -0.4 is 16.0 Å². The molecule has 0 fully saturated rings. The van der Waals surface area contributed by atoms with E-state index >= 15 is 0 Å². The number of nitrogens with zero attached hydrogens (tertiary/aromatic N) is 2. The van der Waals surface area contributed by atoms with E-state index in [1.165, 1.54) is 4.57 Å². The van der Waals surface area contributed by atoms with E-state index in [1.807, 2.05) is 6.92 Å². The fraction of sp³-hybridized carbons (Fsp3) is 0.308. The summed E-state index contributed by atoms with van der Waals surface area (Å²) in [6.07, 6.45) is 0. The van der Waals surface area contributed by atoms with Crippen LogP contribution in [0.1, 0.15) is 13.8 Å². The largest absolute Gasteiger partial charge is 0.518 e. The quantitative estimate of drug-likeness (QED) is 0.800. The summed E-state index contributed by atoms with van der Waals surface area (Å²) in [6.45, 7) is 4.24. The normalized spacial score (nSPS) is 10.7. The molecule has 0 aliphatic rings. The summed E-state index contributed by atoms with van der Waals surface area (Å²) >= 11 is 5.82. The van der Waals surface area contributed by atoms with Crippen molar-refractivity contribution in [3.63, 3.8) is 0 Å². The molecule has 0 aliphatic heterocycles. The molecule has 0 aliphatic carbocycles. The fourth-order valence-electron chi connectivity index (χ4n) is 1.85. The van der Waals surface area contributed by atoms with E-state index in [0.29, 0.717) is 17.1 Å². The van der Waals surface area contributed by atoms with Gasteiger partial charge in [-0.2, -0.15) is 14.2 Å². The average molecular weight is 282 g/mol. The molecule has 0 saturated carbocycles. The standard InChI is InChI=1S/C13H14ClN2O3/c1-3-15-11(9-5-7-10(14)8-6-9)19-13(18)16(4-2)12(15)17/h5-8H,3-4H2,1-2H3/q+1. The molecule has 6 heteroatoms. The van der Waals surface area contributed by atoms with Crippen molar-refractivity contribution in [3.05, 3.63) is 50.3 Å². The van der Waals surface area contributed by atoms with Crippen LogP contribution in [0.4, 0.5) is 0 Å². The molecular weight excluding hydrogens is 268 g/mol. The molecule has 0 N–H and O–H groups in total. The summed E-state index contributed by atoms with van der Waals surface area (Å²) in [4.78, 5) is 23.9. The van der Waals surface area contributed by atoms with Gasteiger partial charge in [-0.25, -0.2) is 0 Å². The number of aromatic nitrogens is 2. The minimum atomic E-state index is -0.651. The highest BCUT2D eigenvalue weighted by Gasteiger charge is 2.21. The van der Waals surface area contributed by atoms with Crippen LogP contribution in [0.3, 0.4) is 0 Å². The van der Waals surface area contributed by atoms with Gasteiger partial charge in [0.05, 0.1) is 18.7 Å². The fourth-order valence-corrected chi connectivity index (χ4v) is 1.98. The van der Waals surface area contributed by atoms with Crippen molar-refractivity contribution in [1.82, 2.24) is 4.57 Å². The van der Waals surface area contributed by atoms with E-state index in [0.717, 1.165) is 4.57 Å². The molecule has 0 saturated heterocycles. The van der Waals surface area contributed by atoms with Gasteiger partial charge in [0, 0.05) is 5.02 Å². The van der Waals surface area contributed by atoms with Crippen LogP contribution in [0.15, 0.2) is 38.3 Å². The smallest absolute Gasteiger partial charge is 0.353 e. The second-order valence-corrected chi connectivity index (χ2v) is 4.39. The number of hydrogen-bond acceptors (Lipinski definition) is 3. The van der Waals surface area contributed by atoms with Crippen LogP contribution in [-0.4, -0.2) is 4.57 Å². The van der Waals surface area contributed by atoms with Gasteiger partial charge < -0.3 is 4.42 Å². The first kappa shape index (κ1) is 13.5. The van der Waals surface area contributed by atoms with Crippen LogP contribution in [0.5, 0.6) is 0 Å². The molecule has 1 aromatic carbocycles. The Kier molecular flexibility index (Phi) is 3.85. The van der Waals surface area contributed by atoms with Gasteiger partial charge in [-0.3, -0.25) is 0 Å². The zero-order valence-electron chi connectivity index (χ0n) is 10.7. The zero-order chi connectivity index (χ0) is 14.0. The van der Waals surface area contributed by atoms with Crippen molar-refractivity contribution in [2.45, 2.75) is 26.9 Å². The molecular formula is C13H14ClN2O3+. The van der Waals surface area contributed by atoms with Crippen LogP contribution in [0, 0.1) is 0 Å². The second kappa shape index (κ2) is 5.40. The monoisotopic (exact) mass is 281 g/mol. The molecule has 0 atom stereocenters. The molecule has 0 unspecified atom stereocenters. The summed E-state index contributed by atoms with van der Waals surface area (Å²) in [5.41, 5.74) is 0.273. The zero-order valence-corrected chi connectivity index (χ0v) is 11.5. The predicted octanol–water partition coefficient (Wildman–Crippen LogP) is 1.45. The highest BCUT2D eigenvalue weighted by Crippen LogP contribution is 2.16. The molecule has 1 aromatic heterocycles. The number of hydrogen-bond donors (Lipinski definition) is 0. The highest BCUT2D eigenvalue weighted by molar-refractivity contribution is 6.30. The Balaban J connectivity index is 2.74. The minimum Gasteiger partial charge on any atom is -0.353 e. The third-order valence-corrected chi connectivity index (χ3v) is 3.09. The molecule has 100 valence electrons. The van der Waals surface area contributed by atoms with Gasteiger partial charge in [-0.15, -0.1) is 4.57 Å². The molecule has 1 heterocycles. The van der Waals surface area contributed by atoms with Crippen LogP contribution in [0.2, 0.25) is 5.02 Å². The molecule has 0 spiro atoms. The van der Waals surface area contributed by atoms with Gasteiger partial charge in [-0.1, -0.05) is 11.6 Å². The first-order chi connectivity index (χ1) is 9.08. The lowest BCUT2D eigenvalue weighted by molar-refractivity contribution is -0.711. The third-order valence-electron chi connectivity index (χ3n) is 2.83. The highest BCUT2D eigenvalue weighted by atomic mass is 35.5. The van der Waals surface area contributed by atoms with E-state index in [1.54, 1.807) is 31.2 Å². The van der Waals surface area contributed by atoms with Crippen molar-refractivity contribution in [2.24, 2.45) is 0 Å². The Hall–Kier alpha value is -1.88. The molecule has 0 bridgehead atoms. The first-order valence-corrected chi connectivity index (χ1v) is 6.40. The lowest BCUT2D eigenvalue weighted by Crippen LogP contribution is -2.58. The maximum atomic E-state index is 12.2. The van der Waals surface area contributed by atoms with E-state index < -0.39 is 5.76 Å². The predicted molar refractivity (Wildman–Crippen MR) is 71.2 cm³/mol. The molecule has 0 amide bonds. The third kappa shape index (κ3) is 2.46. The number of halogens is 1. The van der Waals surface area contributed by atoms with E-state index in [4.69, 9.17) is 16.0 Å². The number of rotatable bonds is 3. The van der Waals surface area contributed by atoms with Crippen LogP contribution in [-0.2, 0) is 13.1 Å². The summed E-state index contributed by atoms with van der Waals surface area (Å²) in [5.74, 6) is -0.402. The molecule has 0 radical (unpaired) electrons. The van der Waals surface area contributed by atoms with Crippen molar-refractivity contribution < 1.29 is 8.98 Å². The Bertz CT molecular complexity index is 701. The minimum absolute atomic E-state index is 0.249. The number of benzene rings is 1. The summed E-state index contributed by atoms with van der Waals surface area (Å²) in [6, 6.07) is 6.79. The first-order valence-electron chi connectivity index (χ1n) is 6.02. The summed E-state index contributed by atoms with van der Waals surface area (Å²) in [5, 5.41) is 0.580. The van der Waals surface area contributed by atoms with Gasteiger partial charge in [0.1, 0.15) is 0 Å². The van der Waals surface area contributed by atoms with Crippen molar-refractivity contribution in [1.29, 1.82) is 0 Å². The lowest BCUT2D eigenvalue weighted by atomic mass is 10.2. The van der Waals surface area contributed by atoms with Crippen LogP contribution >= 0.6 is 11.6 Å². The average Bonchev–Trinajstić information content (AvgIpc) is 2.39. The van der Waals surface area contributed by atoms with E-state index in [9.17, 15) is 9.59 Å². The van der Waals surface area contributed by atoms with Gasteiger partial charge in [0.25, 0.3) is 0 Å². The second-order valence-electron chi connectivity index (χ2n) is 3.95. The molecule has 5 nitrogen and oxygen atoms in total. The van der Waals surface area contributed by atoms with E-state index in [2.05, 4.69) is 0 Å². The lowest BCUT2D eigenvalue weighted by Gasteiger charge is -2.04. The van der Waals surface area contributed by atoms with E-state index in [-0.39, 0.29) is 18.1 Å². The van der Waals surface area contributed by atoms with Gasteiger partial charge >= 0.3 is 17.3 Å². The van der Waals surface area contributed by atoms with Gasteiger partial charge in [-0.05, 0) is 38.1 Å². The molecule has 19 heavy (non-hydrogen) atoms. The Morgan fingerprint density at radius 1 is 1.21 bits per heavy atom. The van der Waals surface area contributed by atoms with Gasteiger partial charge in [0.2, 0.25) is 0 Å². The van der Waals surface area contributed by atoms with Gasteiger partial charge in [0.15, 0.2) is 0 Å². The summed E-state index contributed by atoms with van der Waals surface area (Å²) < 4.78 is 7.74. The van der Waals surface area contributed by atoms with Crippen molar-refractivity contribution >= 4 is 11.6 Å². The maximum absolute atomic E-state index is 12.2. The van der Waals surface area contributed by atoms with Crippen molar-refractivity contribution in [2.75, 3.05) is 0 Å².